The zero-order chi connectivity index (χ0) is 10.5. The third-order valence-corrected chi connectivity index (χ3v) is 3.50. The van der Waals surface area contributed by atoms with Gasteiger partial charge in [-0.3, -0.25) is 0 Å². The Morgan fingerprint density at radius 3 is 2.43 bits per heavy atom. The van der Waals surface area contributed by atoms with Crippen molar-refractivity contribution in [1.29, 1.82) is 0 Å². The number of hydrogen-bond donors (Lipinski definition) is 1. The van der Waals surface area contributed by atoms with Crippen LogP contribution < -0.4 is 0 Å². The molecule has 0 heterocycles. The lowest BCUT2D eigenvalue weighted by Crippen LogP contribution is -2.12. The summed E-state index contributed by atoms with van der Waals surface area (Å²) in [5, 5.41) is 11.2. The Bertz CT molecular complexity index is 385. The Morgan fingerprint density at radius 1 is 1.29 bits per heavy atom. The second-order valence-electron chi connectivity index (χ2n) is 4.42. The first-order chi connectivity index (χ1) is 6.43. The van der Waals surface area contributed by atoms with Gasteiger partial charge >= 0.3 is 0 Å². The van der Waals surface area contributed by atoms with Gasteiger partial charge in [0.05, 0.1) is 6.10 Å². The van der Waals surface area contributed by atoms with Crippen LogP contribution in [0.1, 0.15) is 37.5 Å². The summed E-state index contributed by atoms with van der Waals surface area (Å²) in [5.74, 6) is 0. The van der Waals surface area contributed by atoms with Gasteiger partial charge in [-0.2, -0.15) is 0 Å². The van der Waals surface area contributed by atoms with Crippen LogP contribution in [0.4, 0.5) is 0 Å². The number of fused-ring (bicyclic) bond motifs is 1. The first-order valence-electron chi connectivity index (χ1n) is 4.60. The van der Waals surface area contributed by atoms with Crippen LogP contribution in [-0.4, -0.2) is 5.11 Å². The highest BCUT2D eigenvalue weighted by Gasteiger charge is 2.39. The van der Waals surface area contributed by atoms with Crippen molar-refractivity contribution in [3.63, 3.8) is 0 Å². The van der Waals surface area contributed by atoms with Crippen LogP contribution >= 0.6 is 23.2 Å². The van der Waals surface area contributed by atoms with Gasteiger partial charge in [0, 0.05) is 15.6 Å². The van der Waals surface area contributed by atoms with Crippen LogP contribution in [0, 0.1) is 0 Å². The molecule has 2 rings (SSSR count). The predicted molar refractivity (Wildman–Crippen MR) is 59.1 cm³/mol. The van der Waals surface area contributed by atoms with E-state index in [0.717, 1.165) is 11.1 Å². The smallest absolute Gasteiger partial charge is 0.0816 e. The molecule has 1 atom stereocenters. The van der Waals surface area contributed by atoms with Gasteiger partial charge < -0.3 is 5.11 Å². The lowest BCUT2D eigenvalue weighted by atomic mass is 9.86. The number of rotatable bonds is 0. The van der Waals surface area contributed by atoms with Gasteiger partial charge in [0.1, 0.15) is 0 Å². The molecule has 0 saturated heterocycles. The molecule has 1 N–H and O–H groups in total. The van der Waals surface area contributed by atoms with Crippen LogP contribution in [-0.2, 0) is 5.41 Å². The van der Waals surface area contributed by atoms with Gasteiger partial charge in [0.2, 0.25) is 0 Å². The standard InChI is InChI=1S/C11H12Cl2O/c1-11(2)5-8(14)9-6(12)3-4-7(13)10(9)11/h3-4,8,14H,5H2,1-2H3. The Morgan fingerprint density at radius 2 is 1.86 bits per heavy atom. The number of hydrogen-bond acceptors (Lipinski definition) is 1. The van der Waals surface area contributed by atoms with Gasteiger partial charge in [0.15, 0.2) is 0 Å². The fourth-order valence-electron chi connectivity index (χ4n) is 2.27. The van der Waals surface area contributed by atoms with Crippen molar-refractivity contribution in [1.82, 2.24) is 0 Å². The van der Waals surface area contributed by atoms with Gasteiger partial charge in [-0.15, -0.1) is 0 Å². The van der Waals surface area contributed by atoms with E-state index >= 15 is 0 Å². The lowest BCUT2D eigenvalue weighted by molar-refractivity contribution is 0.161. The summed E-state index contributed by atoms with van der Waals surface area (Å²) in [6.07, 6.45) is 0.206. The molecule has 1 aliphatic carbocycles. The van der Waals surface area contributed by atoms with E-state index in [9.17, 15) is 5.11 Å². The second kappa shape index (κ2) is 3.13. The van der Waals surface area contributed by atoms with Crippen molar-refractivity contribution in [3.05, 3.63) is 33.3 Å². The molecule has 76 valence electrons. The van der Waals surface area contributed by atoms with E-state index in [1.807, 2.05) is 0 Å². The fraction of sp³-hybridized carbons (Fsp3) is 0.455. The van der Waals surface area contributed by atoms with E-state index in [4.69, 9.17) is 23.2 Å². The molecule has 0 aromatic heterocycles. The van der Waals surface area contributed by atoms with E-state index < -0.39 is 6.10 Å². The van der Waals surface area contributed by atoms with Crippen molar-refractivity contribution in [2.75, 3.05) is 0 Å². The van der Waals surface area contributed by atoms with E-state index in [-0.39, 0.29) is 5.41 Å². The molecule has 1 nitrogen and oxygen atoms in total. The van der Waals surface area contributed by atoms with Crippen molar-refractivity contribution >= 4 is 23.2 Å². The molecule has 0 amide bonds. The molecule has 3 heteroatoms. The molecule has 14 heavy (non-hydrogen) atoms. The van der Waals surface area contributed by atoms with Crippen LogP contribution in [0.25, 0.3) is 0 Å². The Kier molecular flexibility index (Phi) is 2.30. The minimum absolute atomic E-state index is 0.0866. The molecular weight excluding hydrogens is 219 g/mol. The van der Waals surface area contributed by atoms with E-state index in [1.54, 1.807) is 12.1 Å². The quantitative estimate of drug-likeness (QED) is 0.721. The zero-order valence-corrected chi connectivity index (χ0v) is 9.65. The van der Waals surface area contributed by atoms with Crippen LogP contribution in [0.2, 0.25) is 10.0 Å². The number of aliphatic hydroxyl groups excluding tert-OH is 1. The van der Waals surface area contributed by atoms with Gasteiger partial charge in [-0.25, -0.2) is 0 Å². The Hall–Kier alpha value is -0.240. The van der Waals surface area contributed by atoms with Crippen molar-refractivity contribution in [2.24, 2.45) is 0 Å². The largest absolute Gasteiger partial charge is 0.388 e. The maximum Gasteiger partial charge on any atom is 0.0816 e. The summed E-state index contributed by atoms with van der Waals surface area (Å²) in [6, 6.07) is 3.54. The molecule has 0 fully saturated rings. The third kappa shape index (κ3) is 1.35. The van der Waals surface area contributed by atoms with E-state index in [0.29, 0.717) is 16.5 Å². The predicted octanol–water partition coefficient (Wildman–Crippen LogP) is 3.71. The molecule has 0 radical (unpaired) electrons. The maximum absolute atomic E-state index is 9.88. The molecule has 0 spiro atoms. The zero-order valence-electron chi connectivity index (χ0n) is 8.14. The molecule has 1 aliphatic rings. The molecular formula is C11H12Cl2O. The summed E-state index contributed by atoms with van der Waals surface area (Å²) in [5.41, 5.74) is 1.72. The van der Waals surface area contributed by atoms with Gasteiger partial charge in [-0.05, 0) is 29.5 Å². The summed E-state index contributed by atoms with van der Waals surface area (Å²) in [7, 11) is 0. The highest BCUT2D eigenvalue weighted by Crippen LogP contribution is 2.49. The normalized spacial score (nSPS) is 23.6. The minimum atomic E-state index is -0.480. The average Bonchev–Trinajstić information content (AvgIpc) is 2.30. The lowest BCUT2D eigenvalue weighted by Gasteiger charge is -2.19. The summed E-state index contributed by atoms with van der Waals surface area (Å²) in [6.45, 7) is 4.15. The molecule has 1 unspecified atom stereocenters. The number of benzene rings is 1. The summed E-state index contributed by atoms with van der Waals surface area (Å²) in [4.78, 5) is 0. The van der Waals surface area contributed by atoms with Crippen molar-refractivity contribution in [2.45, 2.75) is 31.8 Å². The summed E-state index contributed by atoms with van der Waals surface area (Å²) >= 11 is 12.2. The number of aliphatic hydroxyl groups is 1. The Labute approximate surface area is 93.7 Å². The van der Waals surface area contributed by atoms with Gasteiger partial charge in [-0.1, -0.05) is 37.0 Å². The molecule has 0 aliphatic heterocycles. The van der Waals surface area contributed by atoms with Crippen molar-refractivity contribution in [3.8, 4) is 0 Å². The second-order valence-corrected chi connectivity index (χ2v) is 5.24. The third-order valence-electron chi connectivity index (χ3n) is 2.86. The van der Waals surface area contributed by atoms with Gasteiger partial charge in [0.25, 0.3) is 0 Å². The highest BCUT2D eigenvalue weighted by atomic mass is 35.5. The average molecular weight is 231 g/mol. The molecule has 1 aromatic rings. The minimum Gasteiger partial charge on any atom is -0.388 e. The first kappa shape index (κ1) is 10.3. The SMILES string of the molecule is CC1(C)CC(O)c2c(Cl)ccc(Cl)c21. The topological polar surface area (TPSA) is 20.2 Å². The Balaban J connectivity index is 2.73. The van der Waals surface area contributed by atoms with E-state index in [1.165, 1.54) is 0 Å². The van der Waals surface area contributed by atoms with E-state index in [2.05, 4.69) is 13.8 Å². The van der Waals surface area contributed by atoms with Crippen LogP contribution in [0.3, 0.4) is 0 Å². The first-order valence-corrected chi connectivity index (χ1v) is 5.35. The monoisotopic (exact) mass is 230 g/mol. The molecule has 1 aromatic carbocycles. The van der Waals surface area contributed by atoms with Crippen LogP contribution in [0.15, 0.2) is 12.1 Å². The van der Waals surface area contributed by atoms with Crippen molar-refractivity contribution < 1.29 is 5.11 Å². The highest BCUT2D eigenvalue weighted by molar-refractivity contribution is 6.34. The molecule has 0 bridgehead atoms. The number of halogens is 2. The van der Waals surface area contributed by atoms with Crippen LogP contribution in [0.5, 0.6) is 0 Å². The summed E-state index contributed by atoms with van der Waals surface area (Å²) < 4.78 is 0. The fourth-order valence-corrected chi connectivity index (χ4v) is 2.97. The maximum atomic E-state index is 9.88. The molecule has 0 saturated carbocycles.